The zero-order valence-electron chi connectivity index (χ0n) is 14.4. The smallest absolute Gasteiger partial charge is 0.314 e. The Bertz CT molecular complexity index is 604. The van der Waals surface area contributed by atoms with Crippen LogP contribution in [0.2, 0.25) is 0 Å². The van der Waals surface area contributed by atoms with Crippen molar-refractivity contribution in [2.24, 2.45) is 0 Å². The van der Waals surface area contributed by atoms with Crippen LogP contribution in [0.5, 0.6) is 0 Å². The Morgan fingerprint density at radius 2 is 1.96 bits per heavy atom. The number of carbonyl (C=O) groups excluding carboxylic acids is 2. The van der Waals surface area contributed by atoms with Crippen molar-refractivity contribution in [1.82, 2.24) is 20.0 Å². The second kappa shape index (κ2) is 6.92. The molecular weight excluding hydrogens is 314 g/mol. The number of aromatic nitrogens is 2. The summed E-state index contributed by atoms with van der Waals surface area (Å²) in [6.45, 7) is 7.19. The first-order valence-electron chi connectivity index (χ1n) is 7.63. The molecule has 2 heterocycles. The lowest BCUT2D eigenvalue weighted by atomic mass is 10.1. The molecule has 0 bridgehead atoms. The Balaban J connectivity index is 2.10. The average molecular weight is 339 g/mol. The summed E-state index contributed by atoms with van der Waals surface area (Å²) in [6.07, 6.45) is 0. The van der Waals surface area contributed by atoms with Gasteiger partial charge in [-0.15, -0.1) is 0 Å². The molecule has 1 aromatic heterocycles. The zero-order valence-corrected chi connectivity index (χ0v) is 15.2. The number of rotatable bonds is 4. The maximum absolute atomic E-state index is 12.2. The highest BCUT2D eigenvalue weighted by atomic mass is 32.2. The van der Waals surface area contributed by atoms with Crippen LogP contribution < -0.4 is 10.6 Å². The average Bonchev–Trinajstić information content (AvgIpc) is 2.99. The van der Waals surface area contributed by atoms with E-state index in [9.17, 15) is 9.59 Å². The minimum Gasteiger partial charge on any atom is -0.347 e. The van der Waals surface area contributed by atoms with Gasteiger partial charge < -0.3 is 15.5 Å². The summed E-state index contributed by atoms with van der Waals surface area (Å²) in [5, 5.41) is 9.98. The summed E-state index contributed by atoms with van der Waals surface area (Å²) < 4.78 is 1.81. The van der Waals surface area contributed by atoms with Crippen molar-refractivity contribution >= 4 is 29.4 Å². The molecule has 1 aromatic rings. The van der Waals surface area contributed by atoms with Gasteiger partial charge in [-0.2, -0.15) is 16.9 Å². The van der Waals surface area contributed by atoms with E-state index in [0.717, 1.165) is 22.8 Å². The first kappa shape index (κ1) is 17.8. The lowest BCUT2D eigenvalue weighted by Gasteiger charge is -2.23. The molecule has 0 spiro atoms. The van der Waals surface area contributed by atoms with Gasteiger partial charge in [0.05, 0.1) is 11.2 Å². The Hall–Kier alpha value is -1.54. The van der Waals surface area contributed by atoms with Gasteiger partial charge in [-0.1, -0.05) is 0 Å². The minimum absolute atomic E-state index is 0.265. The van der Waals surface area contributed by atoms with Crippen molar-refractivity contribution in [3.63, 3.8) is 0 Å². The fraction of sp³-hybridized carbons (Fsp3) is 0.667. The molecule has 7 nitrogen and oxygen atoms in total. The Labute approximate surface area is 141 Å². The molecule has 2 rings (SSSR count). The van der Waals surface area contributed by atoms with Crippen LogP contribution in [0.4, 0.5) is 5.82 Å². The normalized spacial score (nSPS) is 14.0. The number of amides is 2. The molecule has 0 aromatic carbocycles. The van der Waals surface area contributed by atoms with Gasteiger partial charge in [-0.05, 0) is 34.9 Å². The van der Waals surface area contributed by atoms with Gasteiger partial charge in [0.25, 0.3) is 0 Å². The van der Waals surface area contributed by atoms with Gasteiger partial charge in [0.1, 0.15) is 5.82 Å². The van der Waals surface area contributed by atoms with Crippen LogP contribution in [0.3, 0.4) is 0 Å². The third-order valence-corrected chi connectivity index (χ3v) is 4.44. The number of anilines is 1. The molecule has 0 atom stereocenters. The predicted molar refractivity (Wildman–Crippen MR) is 92.4 cm³/mol. The summed E-state index contributed by atoms with van der Waals surface area (Å²) >= 11 is 1.76. The topological polar surface area (TPSA) is 79.3 Å². The molecule has 1 aliphatic heterocycles. The number of thioether (sulfide) groups is 1. The van der Waals surface area contributed by atoms with Crippen LogP contribution in [0.1, 0.15) is 32.0 Å². The lowest BCUT2D eigenvalue weighted by molar-refractivity contribution is -0.136. The third-order valence-electron chi connectivity index (χ3n) is 3.47. The van der Waals surface area contributed by atoms with E-state index < -0.39 is 11.8 Å². The van der Waals surface area contributed by atoms with Gasteiger partial charge in [-0.25, -0.2) is 4.68 Å². The van der Waals surface area contributed by atoms with Crippen LogP contribution in [-0.2, 0) is 26.6 Å². The zero-order chi connectivity index (χ0) is 17.2. The van der Waals surface area contributed by atoms with Gasteiger partial charge >= 0.3 is 11.8 Å². The summed E-state index contributed by atoms with van der Waals surface area (Å²) in [5.74, 6) is 1.03. The van der Waals surface area contributed by atoms with E-state index in [1.807, 2.05) is 44.4 Å². The second-order valence-electron chi connectivity index (χ2n) is 6.86. The highest BCUT2D eigenvalue weighted by molar-refractivity contribution is 7.98. The van der Waals surface area contributed by atoms with E-state index in [1.54, 1.807) is 11.8 Å². The molecule has 2 N–H and O–H groups in total. The highest BCUT2D eigenvalue weighted by Crippen LogP contribution is 2.37. The van der Waals surface area contributed by atoms with Crippen molar-refractivity contribution in [3.8, 4) is 0 Å². The fourth-order valence-electron chi connectivity index (χ4n) is 2.26. The quantitative estimate of drug-likeness (QED) is 0.800. The van der Waals surface area contributed by atoms with Crippen molar-refractivity contribution in [2.45, 2.75) is 37.8 Å². The number of nitrogens with one attached hydrogen (secondary N) is 2. The summed E-state index contributed by atoms with van der Waals surface area (Å²) in [5.41, 5.74) is 1.76. The summed E-state index contributed by atoms with van der Waals surface area (Å²) in [7, 11) is 3.82. The van der Waals surface area contributed by atoms with Crippen LogP contribution in [0.15, 0.2) is 0 Å². The lowest BCUT2D eigenvalue weighted by Crippen LogP contribution is -2.39. The van der Waals surface area contributed by atoms with Gasteiger partial charge in [0.2, 0.25) is 0 Å². The van der Waals surface area contributed by atoms with Crippen molar-refractivity contribution in [1.29, 1.82) is 0 Å². The Morgan fingerprint density at radius 3 is 2.57 bits per heavy atom. The maximum atomic E-state index is 12.2. The van der Waals surface area contributed by atoms with Gasteiger partial charge in [0.15, 0.2) is 0 Å². The number of hydrogen-bond donors (Lipinski definition) is 2. The van der Waals surface area contributed by atoms with Crippen molar-refractivity contribution in [2.75, 3.05) is 32.5 Å². The van der Waals surface area contributed by atoms with Crippen LogP contribution in [0.25, 0.3) is 0 Å². The largest absolute Gasteiger partial charge is 0.347 e. The van der Waals surface area contributed by atoms with E-state index >= 15 is 0 Å². The summed E-state index contributed by atoms with van der Waals surface area (Å²) in [4.78, 5) is 26.1. The molecular formula is C15H25N5O2S. The molecule has 0 aliphatic carbocycles. The monoisotopic (exact) mass is 339 g/mol. The summed E-state index contributed by atoms with van der Waals surface area (Å²) in [6, 6.07) is 0. The molecule has 0 fully saturated rings. The fourth-order valence-corrected chi connectivity index (χ4v) is 3.30. The number of nitrogens with zero attached hydrogens (tertiary/aromatic N) is 3. The van der Waals surface area contributed by atoms with Crippen molar-refractivity contribution < 1.29 is 9.59 Å². The van der Waals surface area contributed by atoms with Crippen LogP contribution in [0, 0.1) is 0 Å². The molecule has 0 unspecified atom stereocenters. The molecule has 23 heavy (non-hydrogen) atoms. The predicted octanol–water partition coefficient (Wildman–Crippen LogP) is 1.00. The molecule has 0 saturated heterocycles. The van der Waals surface area contributed by atoms with E-state index in [1.165, 1.54) is 0 Å². The molecule has 8 heteroatoms. The minimum atomic E-state index is -0.645. The van der Waals surface area contributed by atoms with Crippen LogP contribution >= 0.6 is 11.8 Å². The van der Waals surface area contributed by atoms with Crippen molar-refractivity contribution in [3.05, 3.63) is 11.3 Å². The maximum Gasteiger partial charge on any atom is 0.314 e. The molecule has 128 valence electrons. The Morgan fingerprint density at radius 1 is 1.26 bits per heavy atom. The van der Waals surface area contributed by atoms with Gasteiger partial charge in [-0.3, -0.25) is 9.59 Å². The first-order chi connectivity index (χ1) is 10.7. The Kier molecular flexibility index (Phi) is 5.36. The SMILES string of the molecule is CN(C)CCNC(=O)C(=O)Nc1c2c(nn1C(C)(C)C)CSC2. The van der Waals surface area contributed by atoms with E-state index in [4.69, 9.17) is 0 Å². The third kappa shape index (κ3) is 4.26. The first-order valence-corrected chi connectivity index (χ1v) is 8.78. The molecule has 2 amide bonds. The molecule has 1 aliphatic rings. The molecule has 0 saturated carbocycles. The molecule has 0 radical (unpaired) electrons. The second-order valence-corrected chi connectivity index (χ2v) is 7.85. The number of likely N-dealkylation sites (N-methyl/N-ethyl adjacent to an activating group) is 1. The number of hydrogen-bond acceptors (Lipinski definition) is 5. The number of fused-ring (bicyclic) bond motifs is 1. The van der Waals surface area contributed by atoms with Crippen LogP contribution in [-0.4, -0.2) is 53.7 Å². The van der Waals surface area contributed by atoms with Gasteiger partial charge in [0, 0.05) is 30.2 Å². The number of carbonyl (C=O) groups is 2. The van der Waals surface area contributed by atoms with E-state index in [2.05, 4.69) is 15.7 Å². The highest BCUT2D eigenvalue weighted by Gasteiger charge is 2.29. The van der Waals surface area contributed by atoms with E-state index in [0.29, 0.717) is 18.9 Å². The van der Waals surface area contributed by atoms with E-state index in [-0.39, 0.29) is 5.54 Å². The standard InChI is InChI=1S/C15H25N5O2S/c1-15(2,3)20-12(10-8-23-9-11(10)18-20)17-14(22)13(21)16-6-7-19(4)5/h6-9H2,1-5H3,(H,16,21)(H,17,22).